The maximum Gasteiger partial charge on any atom is 0.326 e. The molecular formula is C14H18FNO3. The van der Waals surface area contributed by atoms with E-state index in [2.05, 4.69) is 5.32 Å². The Morgan fingerprint density at radius 3 is 2.68 bits per heavy atom. The summed E-state index contributed by atoms with van der Waals surface area (Å²) in [5, 5.41) is 11.5. The molecule has 1 amide bonds. The van der Waals surface area contributed by atoms with Crippen molar-refractivity contribution in [2.24, 2.45) is 0 Å². The number of hydrogen-bond donors (Lipinski definition) is 2. The van der Waals surface area contributed by atoms with E-state index in [9.17, 15) is 14.0 Å². The lowest BCUT2D eigenvalue weighted by Gasteiger charge is -2.15. The van der Waals surface area contributed by atoms with Gasteiger partial charge in [0.15, 0.2) is 0 Å². The van der Waals surface area contributed by atoms with Crippen molar-refractivity contribution in [2.75, 3.05) is 0 Å². The SMILES string of the molecule is CCCC[C@H](NC(=O)c1cccc(F)c1C)C(=O)O. The number of rotatable bonds is 6. The maximum atomic E-state index is 13.3. The van der Waals surface area contributed by atoms with Crippen LogP contribution in [0, 0.1) is 12.7 Å². The van der Waals surface area contributed by atoms with E-state index >= 15 is 0 Å². The molecule has 0 saturated carbocycles. The molecule has 1 rings (SSSR count). The molecule has 19 heavy (non-hydrogen) atoms. The Morgan fingerprint density at radius 1 is 1.42 bits per heavy atom. The van der Waals surface area contributed by atoms with Gasteiger partial charge in [-0.05, 0) is 31.0 Å². The highest BCUT2D eigenvalue weighted by atomic mass is 19.1. The van der Waals surface area contributed by atoms with Crippen LogP contribution in [-0.4, -0.2) is 23.0 Å². The van der Waals surface area contributed by atoms with Crippen LogP contribution < -0.4 is 5.32 Å². The van der Waals surface area contributed by atoms with E-state index in [0.29, 0.717) is 12.8 Å². The number of unbranched alkanes of at least 4 members (excludes halogenated alkanes) is 1. The van der Waals surface area contributed by atoms with Crippen LogP contribution >= 0.6 is 0 Å². The van der Waals surface area contributed by atoms with Gasteiger partial charge < -0.3 is 10.4 Å². The molecule has 0 unspecified atom stereocenters. The molecule has 0 spiro atoms. The molecule has 104 valence electrons. The van der Waals surface area contributed by atoms with Gasteiger partial charge >= 0.3 is 5.97 Å². The Balaban J connectivity index is 2.82. The summed E-state index contributed by atoms with van der Waals surface area (Å²) in [7, 11) is 0. The first-order valence-electron chi connectivity index (χ1n) is 6.26. The minimum atomic E-state index is -1.07. The molecule has 0 aliphatic rings. The molecule has 0 aromatic heterocycles. The second-order valence-electron chi connectivity index (χ2n) is 4.42. The van der Waals surface area contributed by atoms with Gasteiger partial charge in [-0.3, -0.25) is 4.79 Å². The Morgan fingerprint density at radius 2 is 2.11 bits per heavy atom. The normalized spacial score (nSPS) is 11.9. The highest BCUT2D eigenvalue weighted by Crippen LogP contribution is 2.12. The molecule has 1 aromatic carbocycles. The predicted octanol–water partition coefficient (Wildman–Crippen LogP) is 2.51. The van der Waals surface area contributed by atoms with E-state index < -0.39 is 23.7 Å². The van der Waals surface area contributed by atoms with Crippen molar-refractivity contribution < 1.29 is 19.1 Å². The van der Waals surface area contributed by atoms with Crippen LogP contribution in [0.1, 0.15) is 42.1 Å². The zero-order chi connectivity index (χ0) is 14.4. The van der Waals surface area contributed by atoms with Crippen molar-refractivity contribution in [3.8, 4) is 0 Å². The van der Waals surface area contributed by atoms with Gasteiger partial charge in [0.1, 0.15) is 11.9 Å². The fourth-order valence-corrected chi connectivity index (χ4v) is 1.76. The summed E-state index contributed by atoms with van der Waals surface area (Å²) >= 11 is 0. The standard InChI is InChI=1S/C14H18FNO3/c1-3-4-8-12(14(18)19)16-13(17)10-6-5-7-11(15)9(10)2/h5-7,12H,3-4,8H2,1-2H3,(H,16,17)(H,18,19)/t12-/m0/s1. The van der Waals surface area contributed by atoms with Crippen LogP contribution in [0.3, 0.4) is 0 Å². The first kappa shape index (κ1) is 15.1. The van der Waals surface area contributed by atoms with Crippen molar-refractivity contribution in [3.05, 3.63) is 35.1 Å². The summed E-state index contributed by atoms with van der Waals surface area (Å²) in [5.41, 5.74) is 0.391. The van der Waals surface area contributed by atoms with Gasteiger partial charge in [-0.1, -0.05) is 25.8 Å². The predicted molar refractivity (Wildman–Crippen MR) is 69.6 cm³/mol. The average Bonchev–Trinajstić information content (AvgIpc) is 2.37. The molecule has 1 aromatic rings. The van der Waals surface area contributed by atoms with Crippen molar-refractivity contribution in [1.82, 2.24) is 5.32 Å². The van der Waals surface area contributed by atoms with E-state index in [1.807, 2.05) is 6.92 Å². The highest BCUT2D eigenvalue weighted by molar-refractivity contribution is 5.97. The molecule has 0 aliphatic heterocycles. The van der Waals surface area contributed by atoms with E-state index in [-0.39, 0.29) is 11.1 Å². The number of carboxylic acid groups (broad SMARTS) is 1. The van der Waals surface area contributed by atoms with Crippen LogP contribution in [-0.2, 0) is 4.79 Å². The zero-order valence-corrected chi connectivity index (χ0v) is 11.1. The minimum absolute atomic E-state index is 0.169. The number of carbonyl (C=O) groups excluding carboxylic acids is 1. The molecule has 2 N–H and O–H groups in total. The molecule has 5 heteroatoms. The lowest BCUT2D eigenvalue weighted by Crippen LogP contribution is -2.41. The number of hydrogen-bond acceptors (Lipinski definition) is 2. The second-order valence-corrected chi connectivity index (χ2v) is 4.42. The van der Waals surface area contributed by atoms with E-state index in [1.54, 1.807) is 0 Å². The van der Waals surface area contributed by atoms with Gasteiger partial charge in [-0.2, -0.15) is 0 Å². The number of nitrogens with one attached hydrogen (secondary N) is 1. The molecule has 0 bridgehead atoms. The third kappa shape index (κ3) is 4.05. The summed E-state index contributed by atoms with van der Waals surface area (Å²) < 4.78 is 13.3. The molecule has 0 heterocycles. The smallest absolute Gasteiger partial charge is 0.326 e. The molecular weight excluding hydrogens is 249 g/mol. The first-order chi connectivity index (χ1) is 8.97. The fraction of sp³-hybridized carbons (Fsp3) is 0.429. The molecule has 0 aliphatic carbocycles. The second kappa shape index (κ2) is 6.87. The van der Waals surface area contributed by atoms with Crippen molar-refractivity contribution in [1.29, 1.82) is 0 Å². The topological polar surface area (TPSA) is 66.4 Å². The quantitative estimate of drug-likeness (QED) is 0.832. The fourth-order valence-electron chi connectivity index (χ4n) is 1.76. The Kier molecular flexibility index (Phi) is 5.48. The van der Waals surface area contributed by atoms with Crippen LogP contribution in [0.4, 0.5) is 4.39 Å². The van der Waals surface area contributed by atoms with Gasteiger partial charge in [-0.15, -0.1) is 0 Å². The highest BCUT2D eigenvalue weighted by Gasteiger charge is 2.21. The summed E-state index contributed by atoms with van der Waals surface area (Å²) in [4.78, 5) is 23.0. The molecule has 4 nitrogen and oxygen atoms in total. The number of benzene rings is 1. The minimum Gasteiger partial charge on any atom is -0.480 e. The summed E-state index contributed by atoms with van der Waals surface area (Å²) in [6.45, 7) is 3.43. The molecule has 0 fully saturated rings. The third-order valence-corrected chi connectivity index (χ3v) is 2.96. The van der Waals surface area contributed by atoms with Crippen molar-refractivity contribution in [2.45, 2.75) is 39.2 Å². The van der Waals surface area contributed by atoms with Gasteiger partial charge in [0.2, 0.25) is 0 Å². The number of aliphatic carboxylic acids is 1. The summed E-state index contributed by atoms with van der Waals surface area (Å²) in [6.07, 6.45) is 1.92. The number of halogens is 1. The summed E-state index contributed by atoms with van der Waals surface area (Å²) in [6, 6.07) is 3.23. The average molecular weight is 267 g/mol. The lowest BCUT2D eigenvalue weighted by molar-refractivity contribution is -0.139. The van der Waals surface area contributed by atoms with Gasteiger partial charge in [0, 0.05) is 5.56 Å². The first-order valence-corrected chi connectivity index (χ1v) is 6.26. The van der Waals surface area contributed by atoms with E-state index in [1.165, 1.54) is 25.1 Å². The largest absolute Gasteiger partial charge is 0.480 e. The Bertz CT molecular complexity index is 474. The van der Waals surface area contributed by atoms with E-state index in [4.69, 9.17) is 5.11 Å². The van der Waals surface area contributed by atoms with Gasteiger partial charge in [0.05, 0.1) is 0 Å². The monoisotopic (exact) mass is 267 g/mol. The van der Waals surface area contributed by atoms with E-state index in [0.717, 1.165) is 6.42 Å². The number of carbonyl (C=O) groups is 2. The number of amides is 1. The third-order valence-electron chi connectivity index (χ3n) is 2.96. The lowest BCUT2D eigenvalue weighted by atomic mass is 10.1. The van der Waals surface area contributed by atoms with Crippen molar-refractivity contribution in [3.63, 3.8) is 0 Å². The van der Waals surface area contributed by atoms with Crippen molar-refractivity contribution >= 4 is 11.9 Å². The molecule has 0 radical (unpaired) electrons. The summed E-state index contributed by atoms with van der Waals surface area (Å²) in [5.74, 6) is -2.11. The number of carboxylic acids is 1. The van der Waals surface area contributed by atoms with Crippen LogP contribution in [0.15, 0.2) is 18.2 Å². The maximum absolute atomic E-state index is 13.3. The molecule has 0 saturated heterocycles. The van der Waals surface area contributed by atoms with Crippen LogP contribution in [0.5, 0.6) is 0 Å². The van der Waals surface area contributed by atoms with Gasteiger partial charge in [-0.25, -0.2) is 9.18 Å². The Hall–Kier alpha value is -1.91. The Labute approximate surface area is 111 Å². The van der Waals surface area contributed by atoms with Crippen LogP contribution in [0.25, 0.3) is 0 Å². The van der Waals surface area contributed by atoms with Gasteiger partial charge in [0.25, 0.3) is 5.91 Å². The molecule has 1 atom stereocenters. The van der Waals surface area contributed by atoms with Crippen LogP contribution in [0.2, 0.25) is 0 Å². The zero-order valence-electron chi connectivity index (χ0n) is 11.1.